The standard InChI is InChI=1S/C17H22Cl2N6/c1-24-5-3-14(4-6-24)25(2)17-15(20)16(21-10-22-17)23-13-8-11(18)7-12(19)9-13/h7-10,14H,3-6,20H2,1-2H3,(H,21,22,23). The van der Waals surface area contributed by atoms with Crippen LogP contribution in [0.15, 0.2) is 24.5 Å². The van der Waals surface area contributed by atoms with Crippen LogP contribution in [0, 0.1) is 0 Å². The average molecular weight is 381 g/mol. The molecule has 0 saturated carbocycles. The molecule has 0 spiro atoms. The zero-order valence-electron chi connectivity index (χ0n) is 14.3. The van der Waals surface area contributed by atoms with Gasteiger partial charge >= 0.3 is 0 Å². The molecule has 1 fully saturated rings. The Morgan fingerprint density at radius 3 is 2.44 bits per heavy atom. The molecule has 0 atom stereocenters. The van der Waals surface area contributed by atoms with E-state index in [-0.39, 0.29) is 0 Å². The molecule has 3 N–H and O–H groups in total. The SMILES string of the molecule is CN1CCC(N(C)c2ncnc(Nc3cc(Cl)cc(Cl)c3)c2N)CC1. The molecule has 8 heteroatoms. The van der Waals surface area contributed by atoms with Gasteiger partial charge in [-0.2, -0.15) is 0 Å². The first-order valence-corrected chi connectivity index (χ1v) is 8.94. The molecule has 1 aromatic carbocycles. The van der Waals surface area contributed by atoms with E-state index in [1.165, 1.54) is 6.33 Å². The Balaban J connectivity index is 1.82. The van der Waals surface area contributed by atoms with E-state index in [1.54, 1.807) is 18.2 Å². The topological polar surface area (TPSA) is 70.3 Å². The Hall–Kier alpha value is -1.76. The van der Waals surface area contributed by atoms with Crippen molar-refractivity contribution in [3.63, 3.8) is 0 Å². The highest BCUT2D eigenvalue weighted by Crippen LogP contribution is 2.32. The van der Waals surface area contributed by atoms with Crippen molar-refractivity contribution in [1.29, 1.82) is 0 Å². The van der Waals surface area contributed by atoms with Gasteiger partial charge in [-0.05, 0) is 51.2 Å². The molecule has 134 valence electrons. The molecule has 25 heavy (non-hydrogen) atoms. The lowest BCUT2D eigenvalue weighted by Crippen LogP contribution is -2.42. The number of benzene rings is 1. The summed E-state index contributed by atoms with van der Waals surface area (Å²) in [6.07, 6.45) is 3.69. The van der Waals surface area contributed by atoms with Crippen LogP contribution in [0.25, 0.3) is 0 Å². The average Bonchev–Trinajstić information content (AvgIpc) is 2.56. The summed E-state index contributed by atoms with van der Waals surface area (Å²) < 4.78 is 0. The van der Waals surface area contributed by atoms with Gasteiger partial charge in [-0.1, -0.05) is 23.2 Å². The number of hydrogen-bond acceptors (Lipinski definition) is 6. The number of nitrogens with one attached hydrogen (secondary N) is 1. The largest absolute Gasteiger partial charge is 0.393 e. The number of nitrogens with two attached hydrogens (primary N) is 1. The van der Waals surface area contributed by atoms with Crippen molar-refractivity contribution in [2.24, 2.45) is 0 Å². The van der Waals surface area contributed by atoms with Gasteiger partial charge in [-0.15, -0.1) is 0 Å². The van der Waals surface area contributed by atoms with Crippen molar-refractivity contribution in [2.45, 2.75) is 18.9 Å². The van der Waals surface area contributed by atoms with Gasteiger partial charge in [0.2, 0.25) is 0 Å². The van der Waals surface area contributed by atoms with E-state index in [1.807, 2.05) is 7.05 Å². The summed E-state index contributed by atoms with van der Waals surface area (Å²) in [4.78, 5) is 13.1. The second-order valence-electron chi connectivity index (χ2n) is 6.39. The van der Waals surface area contributed by atoms with Gasteiger partial charge in [0.15, 0.2) is 11.6 Å². The maximum Gasteiger partial charge on any atom is 0.159 e. The quantitative estimate of drug-likeness (QED) is 0.843. The Morgan fingerprint density at radius 2 is 1.80 bits per heavy atom. The number of rotatable bonds is 4. The second-order valence-corrected chi connectivity index (χ2v) is 7.26. The molecule has 1 aliphatic heterocycles. The number of aromatic nitrogens is 2. The smallest absolute Gasteiger partial charge is 0.159 e. The molecule has 0 bridgehead atoms. The van der Waals surface area contributed by atoms with E-state index in [0.29, 0.717) is 27.6 Å². The van der Waals surface area contributed by atoms with Gasteiger partial charge in [0, 0.05) is 28.8 Å². The lowest BCUT2D eigenvalue weighted by Gasteiger charge is -2.36. The van der Waals surface area contributed by atoms with Crippen molar-refractivity contribution < 1.29 is 0 Å². The highest BCUT2D eigenvalue weighted by Gasteiger charge is 2.23. The second kappa shape index (κ2) is 7.64. The predicted molar refractivity (Wildman–Crippen MR) is 105 cm³/mol. The number of piperidine rings is 1. The summed E-state index contributed by atoms with van der Waals surface area (Å²) in [5, 5.41) is 4.27. The van der Waals surface area contributed by atoms with Gasteiger partial charge in [-0.25, -0.2) is 9.97 Å². The molecule has 1 aliphatic rings. The van der Waals surface area contributed by atoms with Gasteiger partial charge in [0.1, 0.15) is 12.0 Å². The highest BCUT2D eigenvalue weighted by molar-refractivity contribution is 6.35. The van der Waals surface area contributed by atoms with E-state index in [2.05, 4.69) is 32.1 Å². The van der Waals surface area contributed by atoms with E-state index in [0.717, 1.165) is 37.4 Å². The van der Waals surface area contributed by atoms with Crippen LogP contribution in [-0.4, -0.2) is 48.1 Å². The van der Waals surface area contributed by atoms with Crippen LogP contribution < -0.4 is 16.0 Å². The molecule has 0 unspecified atom stereocenters. The molecule has 2 aromatic rings. The van der Waals surface area contributed by atoms with Crippen LogP contribution in [-0.2, 0) is 0 Å². The van der Waals surface area contributed by atoms with E-state index >= 15 is 0 Å². The Bertz CT molecular complexity index is 726. The van der Waals surface area contributed by atoms with Gasteiger partial charge in [0.25, 0.3) is 0 Å². The third-order valence-corrected chi connectivity index (χ3v) is 4.99. The number of likely N-dealkylation sites (tertiary alicyclic amines) is 1. The number of nitrogen functional groups attached to an aromatic ring is 1. The molecule has 6 nitrogen and oxygen atoms in total. The van der Waals surface area contributed by atoms with Crippen molar-refractivity contribution in [3.05, 3.63) is 34.6 Å². The molecule has 0 amide bonds. The van der Waals surface area contributed by atoms with E-state index in [9.17, 15) is 0 Å². The number of halogens is 2. The van der Waals surface area contributed by atoms with E-state index < -0.39 is 0 Å². The summed E-state index contributed by atoms with van der Waals surface area (Å²) in [5.41, 5.74) is 7.58. The molecular formula is C17H22Cl2N6. The minimum absolute atomic E-state index is 0.418. The fourth-order valence-electron chi connectivity index (χ4n) is 3.08. The zero-order chi connectivity index (χ0) is 18.0. The fraction of sp³-hybridized carbons (Fsp3) is 0.412. The summed E-state index contributed by atoms with van der Waals surface area (Å²) in [7, 11) is 4.18. The first-order chi connectivity index (χ1) is 11.9. The monoisotopic (exact) mass is 380 g/mol. The lowest BCUT2D eigenvalue weighted by molar-refractivity contribution is 0.252. The summed E-state index contributed by atoms with van der Waals surface area (Å²) in [6.45, 7) is 2.15. The Morgan fingerprint density at radius 1 is 1.16 bits per heavy atom. The Labute approximate surface area is 157 Å². The third-order valence-electron chi connectivity index (χ3n) is 4.56. The molecule has 1 saturated heterocycles. The zero-order valence-corrected chi connectivity index (χ0v) is 15.8. The number of hydrogen-bond donors (Lipinski definition) is 2. The number of nitrogens with zero attached hydrogens (tertiary/aromatic N) is 4. The molecular weight excluding hydrogens is 359 g/mol. The summed E-state index contributed by atoms with van der Waals surface area (Å²) in [5.74, 6) is 1.28. The molecule has 2 heterocycles. The molecule has 0 radical (unpaired) electrons. The van der Waals surface area contributed by atoms with Crippen molar-refractivity contribution in [2.75, 3.05) is 43.1 Å². The minimum Gasteiger partial charge on any atom is -0.393 e. The first-order valence-electron chi connectivity index (χ1n) is 8.19. The highest BCUT2D eigenvalue weighted by atomic mass is 35.5. The van der Waals surface area contributed by atoms with Gasteiger partial charge in [0.05, 0.1) is 0 Å². The van der Waals surface area contributed by atoms with Crippen LogP contribution in [0.5, 0.6) is 0 Å². The van der Waals surface area contributed by atoms with Crippen molar-refractivity contribution in [3.8, 4) is 0 Å². The summed E-state index contributed by atoms with van der Waals surface area (Å²) in [6, 6.07) is 5.64. The summed E-state index contributed by atoms with van der Waals surface area (Å²) >= 11 is 12.1. The first kappa shape index (κ1) is 18.0. The van der Waals surface area contributed by atoms with E-state index in [4.69, 9.17) is 28.9 Å². The van der Waals surface area contributed by atoms with Crippen LogP contribution in [0.2, 0.25) is 10.0 Å². The predicted octanol–water partition coefficient (Wildman–Crippen LogP) is 3.64. The molecule has 1 aromatic heterocycles. The van der Waals surface area contributed by atoms with Crippen molar-refractivity contribution >= 4 is 46.2 Å². The van der Waals surface area contributed by atoms with Crippen molar-refractivity contribution in [1.82, 2.24) is 14.9 Å². The normalized spacial score (nSPS) is 16.0. The molecule has 3 rings (SSSR count). The van der Waals surface area contributed by atoms with Gasteiger partial charge in [-0.3, -0.25) is 0 Å². The van der Waals surface area contributed by atoms with Crippen LogP contribution in [0.1, 0.15) is 12.8 Å². The third kappa shape index (κ3) is 4.26. The Kier molecular flexibility index (Phi) is 5.51. The van der Waals surface area contributed by atoms with Crippen LogP contribution >= 0.6 is 23.2 Å². The minimum atomic E-state index is 0.418. The maximum absolute atomic E-state index is 6.34. The van der Waals surface area contributed by atoms with Crippen LogP contribution in [0.4, 0.5) is 23.0 Å². The lowest BCUT2D eigenvalue weighted by atomic mass is 10.0. The maximum atomic E-state index is 6.34. The van der Waals surface area contributed by atoms with Crippen LogP contribution in [0.3, 0.4) is 0 Å². The number of anilines is 4. The molecule has 0 aliphatic carbocycles. The van der Waals surface area contributed by atoms with Gasteiger partial charge < -0.3 is 20.9 Å². The fourth-order valence-corrected chi connectivity index (χ4v) is 3.61.